The second kappa shape index (κ2) is 5.41. The molecule has 0 saturated carbocycles. The van der Waals surface area contributed by atoms with Crippen molar-refractivity contribution in [2.24, 2.45) is 0 Å². The molecule has 102 valence electrons. The van der Waals surface area contributed by atoms with Crippen molar-refractivity contribution in [2.45, 2.75) is 25.8 Å². The van der Waals surface area contributed by atoms with Gasteiger partial charge in [-0.15, -0.1) is 0 Å². The van der Waals surface area contributed by atoms with E-state index in [1.54, 1.807) is 0 Å². The minimum atomic E-state index is 0.00325. The molecule has 0 spiro atoms. The van der Waals surface area contributed by atoms with E-state index in [1.807, 2.05) is 25.1 Å². The van der Waals surface area contributed by atoms with Crippen LogP contribution >= 0.6 is 15.9 Å². The average molecular weight is 330 g/mol. The van der Waals surface area contributed by atoms with Crippen molar-refractivity contribution in [1.29, 1.82) is 0 Å². The SMILES string of the molecule is Cc1ccc(C(=O)NC2Cc3ccccc3C2)cc1Br. The van der Waals surface area contributed by atoms with Gasteiger partial charge >= 0.3 is 0 Å². The third kappa shape index (κ3) is 2.63. The van der Waals surface area contributed by atoms with Gasteiger partial charge in [0.25, 0.3) is 5.91 Å². The molecule has 20 heavy (non-hydrogen) atoms. The lowest BCUT2D eigenvalue weighted by Crippen LogP contribution is -2.35. The molecule has 0 radical (unpaired) electrons. The van der Waals surface area contributed by atoms with Crippen LogP contribution in [0.25, 0.3) is 0 Å². The minimum absolute atomic E-state index is 0.00325. The number of carbonyl (C=O) groups is 1. The smallest absolute Gasteiger partial charge is 0.251 e. The molecular formula is C17H16BrNO. The van der Waals surface area contributed by atoms with Gasteiger partial charge in [-0.2, -0.15) is 0 Å². The Balaban J connectivity index is 1.70. The van der Waals surface area contributed by atoms with Crippen molar-refractivity contribution in [3.8, 4) is 0 Å². The van der Waals surface area contributed by atoms with E-state index in [0.29, 0.717) is 5.56 Å². The van der Waals surface area contributed by atoms with E-state index in [1.165, 1.54) is 11.1 Å². The highest BCUT2D eigenvalue weighted by molar-refractivity contribution is 9.10. The first-order chi connectivity index (χ1) is 9.63. The van der Waals surface area contributed by atoms with Gasteiger partial charge < -0.3 is 5.32 Å². The van der Waals surface area contributed by atoms with Crippen LogP contribution < -0.4 is 5.32 Å². The summed E-state index contributed by atoms with van der Waals surface area (Å²) in [7, 11) is 0. The molecule has 3 heteroatoms. The van der Waals surface area contributed by atoms with Gasteiger partial charge in [-0.05, 0) is 48.6 Å². The van der Waals surface area contributed by atoms with E-state index in [-0.39, 0.29) is 11.9 Å². The van der Waals surface area contributed by atoms with Gasteiger partial charge in [0.2, 0.25) is 0 Å². The summed E-state index contributed by atoms with van der Waals surface area (Å²) in [6, 6.07) is 14.3. The molecule has 2 aromatic carbocycles. The first kappa shape index (κ1) is 13.4. The number of carbonyl (C=O) groups excluding carboxylic acids is 1. The van der Waals surface area contributed by atoms with E-state index in [9.17, 15) is 4.79 Å². The summed E-state index contributed by atoms with van der Waals surface area (Å²) in [6.45, 7) is 2.01. The molecule has 0 heterocycles. The zero-order valence-electron chi connectivity index (χ0n) is 11.3. The molecular weight excluding hydrogens is 314 g/mol. The summed E-state index contributed by atoms with van der Waals surface area (Å²) < 4.78 is 0.972. The average Bonchev–Trinajstić information content (AvgIpc) is 2.83. The molecule has 0 saturated heterocycles. The number of fused-ring (bicyclic) bond motifs is 1. The Kier molecular flexibility index (Phi) is 3.62. The lowest BCUT2D eigenvalue weighted by atomic mass is 10.1. The van der Waals surface area contributed by atoms with Gasteiger partial charge in [0.05, 0.1) is 0 Å². The predicted octanol–water partition coefficient (Wildman–Crippen LogP) is 3.65. The Morgan fingerprint density at radius 1 is 1.15 bits per heavy atom. The largest absolute Gasteiger partial charge is 0.349 e. The number of nitrogens with one attached hydrogen (secondary N) is 1. The first-order valence-electron chi connectivity index (χ1n) is 6.77. The van der Waals surface area contributed by atoms with E-state index in [2.05, 4.69) is 45.5 Å². The Hall–Kier alpha value is -1.61. The van der Waals surface area contributed by atoms with Crippen molar-refractivity contribution < 1.29 is 4.79 Å². The topological polar surface area (TPSA) is 29.1 Å². The summed E-state index contributed by atoms with van der Waals surface area (Å²) in [5.41, 5.74) is 4.54. The van der Waals surface area contributed by atoms with Crippen molar-refractivity contribution >= 4 is 21.8 Å². The van der Waals surface area contributed by atoms with Crippen molar-refractivity contribution in [1.82, 2.24) is 5.32 Å². The monoisotopic (exact) mass is 329 g/mol. The van der Waals surface area contributed by atoms with Gasteiger partial charge in [-0.3, -0.25) is 4.79 Å². The fraction of sp³-hybridized carbons (Fsp3) is 0.235. The first-order valence-corrected chi connectivity index (χ1v) is 7.56. The third-order valence-corrected chi connectivity index (χ3v) is 4.67. The zero-order chi connectivity index (χ0) is 14.1. The summed E-state index contributed by atoms with van der Waals surface area (Å²) >= 11 is 3.47. The van der Waals surface area contributed by atoms with E-state index in [4.69, 9.17) is 0 Å². The van der Waals surface area contributed by atoms with Crippen LogP contribution in [0, 0.1) is 6.92 Å². The standard InChI is InChI=1S/C17H16BrNO/c1-11-6-7-14(10-16(11)18)17(20)19-15-8-12-4-2-3-5-13(12)9-15/h2-7,10,15H,8-9H2,1H3,(H,19,20). The quantitative estimate of drug-likeness (QED) is 0.895. The van der Waals surface area contributed by atoms with Crippen LogP contribution in [0.2, 0.25) is 0 Å². The van der Waals surface area contributed by atoms with Crippen molar-refractivity contribution in [3.05, 3.63) is 69.2 Å². The van der Waals surface area contributed by atoms with Crippen LogP contribution in [0.3, 0.4) is 0 Å². The van der Waals surface area contributed by atoms with Gasteiger partial charge in [0, 0.05) is 16.1 Å². The van der Waals surface area contributed by atoms with Crippen LogP contribution in [0.1, 0.15) is 27.0 Å². The fourth-order valence-electron chi connectivity index (χ4n) is 2.66. The molecule has 0 atom stereocenters. The number of aryl methyl sites for hydroxylation is 1. The lowest BCUT2D eigenvalue weighted by Gasteiger charge is -2.12. The molecule has 0 bridgehead atoms. The zero-order valence-corrected chi connectivity index (χ0v) is 12.9. The van der Waals surface area contributed by atoms with Gasteiger partial charge in [0.1, 0.15) is 0 Å². The maximum atomic E-state index is 12.3. The molecule has 1 aliphatic rings. The molecule has 0 aromatic heterocycles. The number of hydrogen-bond acceptors (Lipinski definition) is 1. The number of hydrogen-bond donors (Lipinski definition) is 1. The highest BCUT2D eigenvalue weighted by Crippen LogP contribution is 2.22. The summed E-state index contributed by atoms with van der Waals surface area (Å²) in [6.07, 6.45) is 1.85. The summed E-state index contributed by atoms with van der Waals surface area (Å²) in [5, 5.41) is 3.13. The molecule has 0 fully saturated rings. The Morgan fingerprint density at radius 3 is 2.40 bits per heavy atom. The predicted molar refractivity (Wildman–Crippen MR) is 84.0 cm³/mol. The summed E-state index contributed by atoms with van der Waals surface area (Å²) in [5.74, 6) is 0.00325. The van der Waals surface area contributed by atoms with Crippen molar-refractivity contribution in [2.75, 3.05) is 0 Å². The lowest BCUT2D eigenvalue weighted by molar-refractivity contribution is 0.0938. The third-order valence-electron chi connectivity index (χ3n) is 3.82. The molecule has 1 amide bonds. The fourth-order valence-corrected chi connectivity index (χ4v) is 3.04. The highest BCUT2D eigenvalue weighted by atomic mass is 79.9. The molecule has 3 rings (SSSR count). The Bertz CT molecular complexity index is 641. The Morgan fingerprint density at radius 2 is 1.80 bits per heavy atom. The van der Waals surface area contributed by atoms with Crippen LogP contribution in [0.15, 0.2) is 46.9 Å². The Labute approximate surface area is 127 Å². The maximum absolute atomic E-state index is 12.3. The second-order valence-corrected chi connectivity index (χ2v) is 6.17. The normalized spacial score (nSPS) is 14.1. The van der Waals surface area contributed by atoms with Crippen molar-refractivity contribution in [3.63, 3.8) is 0 Å². The highest BCUT2D eigenvalue weighted by Gasteiger charge is 2.22. The van der Waals surface area contributed by atoms with Crippen LogP contribution in [0.5, 0.6) is 0 Å². The molecule has 2 nitrogen and oxygen atoms in total. The van der Waals surface area contributed by atoms with Crippen LogP contribution in [-0.4, -0.2) is 11.9 Å². The van der Waals surface area contributed by atoms with Gasteiger partial charge in [0.15, 0.2) is 0 Å². The number of halogens is 1. The maximum Gasteiger partial charge on any atom is 0.251 e. The van der Waals surface area contributed by atoms with Crippen LogP contribution in [0.4, 0.5) is 0 Å². The number of amides is 1. The molecule has 1 N–H and O–H groups in total. The summed E-state index contributed by atoms with van der Waals surface area (Å²) in [4.78, 5) is 12.3. The van der Waals surface area contributed by atoms with E-state index >= 15 is 0 Å². The number of benzene rings is 2. The molecule has 2 aromatic rings. The van der Waals surface area contributed by atoms with Gasteiger partial charge in [-0.1, -0.05) is 46.3 Å². The van der Waals surface area contributed by atoms with E-state index < -0.39 is 0 Å². The molecule has 1 aliphatic carbocycles. The molecule has 0 unspecified atom stereocenters. The van der Waals surface area contributed by atoms with Gasteiger partial charge in [-0.25, -0.2) is 0 Å². The van der Waals surface area contributed by atoms with E-state index in [0.717, 1.165) is 22.9 Å². The minimum Gasteiger partial charge on any atom is -0.349 e. The second-order valence-electron chi connectivity index (χ2n) is 5.31. The number of rotatable bonds is 2. The van der Waals surface area contributed by atoms with Crippen LogP contribution in [-0.2, 0) is 12.8 Å². The molecule has 0 aliphatic heterocycles.